The van der Waals surface area contributed by atoms with Crippen molar-refractivity contribution in [2.45, 2.75) is 33.0 Å². The fourth-order valence-corrected chi connectivity index (χ4v) is 3.68. The van der Waals surface area contributed by atoms with Gasteiger partial charge < -0.3 is 19.0 Å². The summed E-state index contributed by atoms with van der Waals surface area (Å²) < 4.78 is 17.7. The van der Waals surface area contributed by atoms with E-state index >= 15 is 0 Å². The molecule has 0 aliphatic carbocycles. The lowest BCUT2D eigenvalue weighted by atomic mass is 10.0. The van der Waals surface area contributed by atoms with Gasteiger partial charge in [0.05, 0.1) is 0 Å². The van der Waals surface area contributed by atoms with E-state index in [4.69, 9.17) is 19.0 Å². The summed E-state index contributed by atoms with van der Waals surface area (Å²) in [4.78, 5) is 23.1. The molecule has 4 aromatic rings. The van der Waals surface area contributed by atoms with Gasteiger partial charge in [0.1, 0.15) is 42.3 Å². The number of carboxylic acids is 1. The largest absolute Gasteiger partial charge is 0.488 e. The fraction of sp³-hybridized carbons (Fsp3) is 0.172. The Kier molecular flexibility index (Phi) is 7.63. The Hall–Kier alpha value is -4.32. The zero-order valence-corrected chi connectivity index (χ0v) is 19.4. The number of hydrogen-bond donors (Lipinski definition) is 1. The molecule has 0 saturated carbocycles. The summed E-state index contributed by atoms with van der Waals surface area (Å²) >= 11 is 0. The first-order chi connectivity index (χ1) is 17.0. The molecule has 178 valence electrons. The maximum absolute atomic E-state index is 12.0. The van der Waals surface area contributed by atoms with E-state index in [9.17, 15) is 9.59 Å². The van der Waals surface area contributed by atoms with E-state index in [0.717, 1.165) is 34.3 Å². The molecule has 1 heterocycles. The second-order valence-electron chi connectivity index (χ2n) is 8.20. The SMILES string of the molecule is Cc1cc(CCc2cc(=O)c(C(=O)O)co2)c(OCc2ccccc2)cc1OCc1ccccc1. The van der Waals surface area contributed by atoms with E-state index in [1.807, 2.05) is 79.7 Å². The molecule has 6 nitrogen and oxygen atoms in total. The van der Waals surface area contributed by atoms with Gasteiger partial charge in [0, 0.05) is 18.6 Å². The Labute approximate surface area is 203 Å². The fourth-order valence-electron chi connectivity index (χ4n) is 3.68. The van der Waals surface area contributed by atoms with Crippen molar-refractivity contribution in [3.63, 3.8) is 0 Å². The van der Waals surface area contributed by atoms with Crippen molar-refractivity contribution in [1.82, 2.24) is 0 Å². The van der Waals surface area contributed by atoms with Crippen molar-refractivity contribution in [2.24, 2.45) is 0 Å². The van der Waals surface area contributed by atoms with Crippen LogP contribution < -0.4 is 14.9 Å². The number of hydrogen-bond acceptors (Lipinski definition) is 5. The Morgan fingerprint density at radius 1 is 0.829 bits per heavy atom. The van der Waals surface area contributed by atoms with E-state index in [0.29, 0.717) is 37.6 Å². The number of rotatable bonds is 10. The predicted molar refractivity (Wildman–Crippen MR) is 132 cm³/mol. The summed E-state index contributed by atoms with van der Waals surface area (Å²) in [7, 11) is 0. The minimum Gasteiger partial charge on any atom is -0.488 e. The summed E-state index contributed by atoms with van der Waals surface area (Å²) in [6.45, 7) is 2.82. The van der Waals surface area contributed by atoms with Crippen molar-refractivity contribution in [1.29, 1.82) is 0 Å². The van der Waals surface area contributed by atoms with Crippen LogP contribution in [-0.2, 0) is 26.1 Å². The highest BCUT2D eigenvalue weighted by Crippen LogP contribution is 2.31. The Bertz CT molecular complexity index is 1340. The van der Waals surface area contributed by atoms with Crippen LogP contribution in [0.3, 0.4) is 0 Å². The zero-order valence-electron chi connectivity index (χ0n) is 19.4. The highest BCUT2D eigenvalue weighted by Gasteiger charge is 2.14. The zero-order chi connectivity index (χ0) is 24.6. The maximum atomic E-state index is 12.0. The van der Waals surface area contributed by atoms with Crippen molar-refractivity contribution >= 4 is 5.97 Å². The third-order valence-corrected chi connectivity index (χ3v) is 5.59. The minimum absolute atomic E-state index is 0.378. The summed E-state index contributed by atoms with van der Waals surface area (Å²) in [5.41, 5.74) is 3.07. The summed E-state index contributed by atoms with van der Waals surface area (Å²) in [5.74, 6) is 0.532. The first-order valence-corrected chi connectivity index (χ1v) is 11.3. The van der Waals surface area contributed by atoms with Crippen LogP contribution in [0.25, 0.3) is 0 Å². The van der Waals surface area contributed by atoms with Crippen LogP contribution in [0.4, 0.5) is 0 Å². The lowest BCUT2D eigenvalue weighted by Crippen LogP contribution is -2.14. The maximum Gasteiger partial charge on any atom is 0.342 e. The molecule has 4 rings (SSSR count). The molecule has 0 unspecified atom stereocenters. The molecule has 1 N–H and O–H groups in total. The van der Waals surface area contributed by atoms with Gasteiger partial charge in [0.2, 0.25) is 0 Å². The Morgan fingerprint density at radius 2 is 1.43 bits per heavy atom. The second kappa shape index (κ2) is 11.2. The van der Waals surface area contributed by atoms with Crippen molar-refractivity contribution in [3.05, 3.63) is 129 Å². The van der Waals surface area contributed by atoms with Gasteiger partial charge in [-0.05, 0) is 41.7 Å². The van der Waals surface area contributed by atoms with Gasteiger partial charge in [0.15, 0.2) is 5.43 Å². The van der Waals surface area contributed by atoms with Gasteiger partial charge in [-0.2, -0.15) is 0 Å². The van der Waals surface area contributed by atoms with Crippen LogP contribution in [0.5, 0.6) is 11.5 Å². The quantitative estimate of drug-likeness (QED) is 0.325. The predicted octanol–water partition coefficient (Wildman–Crippen LogP) is 5.59. The number of carboxylic acid groups (broad SMARTS) is 1. The molecule has 35 heavy (non-hydrogen) atoms. The summed E-state index contributed by atoms with van der Waals surface area (Å²) in [6, 6.07) is 25.0. The third-order valence-electron chi connectivity index (χ3n) is 5.59. The van der Waals surface area contributed by atoms with Gasteiger partial charge in [-0.25, -0.2) is 4.79 Å². The van der Waals surface area contributed by atoms with Crippen LogP contribution in [0.2, 0.25) is 0 Å². The van der Waals surface area contributed by atoms with E-state index in [1.165, 1.54) is 6.07 Å². The number of carbonyl (C=O) groups is 1. The Morgan fingerprint density at radius 3 is 2.00 bits per heavy atom. The van der Waals surface area contributed by atoms with E-state index in [-0.39, 0.29) is 5.56 Å². The van der Waals surface area contributed by atoms with Gasteiger partial charge in [0.25, 0.3) is 0 Å². The molecule has 0 radical (unpaired) electrons. The monoisotopic (exact) mass is 470 g/mol. The molecule has 0 saturated heterocycles. The van der Waals surface area contributed by atoms with Crippen LogP contribution in [0.15, 0.2) is 94.3 Å². The molecule has 0 atom stereocenters. The molecule has 0 bridgehead atoms. The average molecular weight is 471 g/mol. The molecule has 3 aromatic carbocycles. The number of ether oxygens (including phenoxy) is 2. The molecule has 0 spiro atoms. The van der Waals surface area contributed by atoms with Crippen LogP contribution in [-0.4, -0.2) is 11.1 Å². The van der Waals surface area contributed by atoms with Crippen molar-refractivity contribution < 1.29 is 23.8 Å². The number of benzene rings is 3. The molecule has 1 aromatic heterocycles. The van der Waals surface area contributed by atoms with Crippen LogP contribution >= 0.6 is 0 Å². The number of aryl methyl sites for hydroxylation is 3. The van der Waals surface area contributed by atoms with Gasteiger partial charge in [-0.1, -0.05) is 60.7 Å². The van der Waals surface area contributed by atoms with E-state index in [1.54, 1.807) is 0 Å². The molecular formula is C29H26O6. The minimum atomic E-state index is -1.30. The third kappa shape index (κ3) is 6.38. The van der Waals surface area contributed by atoms with Crippen LogP contribution in [0, 0.1) is 6.92 Å². The topological polar surface area (TPSA) is 86.0 Å². The standard InChI is InChI=1S/C29H26O6/c1-20-14-23(12-13-24-15-26(30)25(19-33-24)29(31)32)28(35-18-22-10-6-3-7-11-22)16-27(20)34-17-21-8-4-2-5-9-21/h2-11,14-16,19H,12-13,17-18H2,1H3,(H,31,32). The highest BCUT2D eigenvalue weighted by atomic mass is 16.5. The molecule has 0 amide bonds. The summed E-state index contributed by atoms with van der Waals surface area (Å²) in [6.07, 6.45) is 1.96. The molecular weight excluding hydrogens is 444 g/mol. The van der Waals surface area contributed by atoms with Gasteiger partial charge in [-0.15, -0.1) is 0 Å². The second-order valence-corrected chi connectivity index (χ2v) is 8.20. The number of aromatic carboxylic acids is 1. The molecule has 0 fully saturated rings. The Balaban J connectivity index is 1.55. The molecule has 0 aliphatic rings. The van der Waals surface area contributed by atoms with Crippen LogP contribution in [0.1, 0.15) is 38.4 Å². The van der Waals surface area contributed by atoms with E-state index in [2.05, 4.69) is 0 Å². The molecule has 0 aliphatic heterocycles. The van der Waals surface area contributed by atoms with Gasteiger partial charge in [-0.3, -0.25) is 4.79 Å². The lowest BCUT2D eigenvalue weighted by molar-refractivity contribution is 0.0692. The smallest absolute Gasteiger partial charge is 0.342 e. The first-order valence-electron chi connectivity index (χ1n) is 11.3. The van der Waals surface area contributed by atoms with Crippen molar-refractivity contribution in [3.8, 4) is 11.5 Å². The average Bonchev–Trinajstić information content (AvgIpc) is 2.87. The normalized spacial score (nSPS) is 10.7. The lowest BCUT2D eigenvalue weighted by Gasteiger charge is -2.16. The van der Waals surface area contributed by atoms with Crippen molar-refractivity contribution in [2.75, 3.05) is 0 Å². The van der Waals surface area contributed by atoms with E-state index < -0.39 is 11.4 Å². The molecule has 6 heteroatoms. The van der Waals surface area contributed by atoms with Gasteiger partial charge >= 0.3 is 5.97 Å². The highest BCUT2D eigenvalue weighted by molar-refractivity contribution is 5.86. The first kappa shape index (κ1) is 23.8. The summed E-state index contributed by atoms with van der Waals surface area (Å²) in [5, 5.41) is 9.04.